The van der Waals surface area contributed by atoms with E-state index in [1.54, 1.807) is 12.1 Å². The maximum Gasteiger partial charge on any atom is 0.0215 e. The van der Waals surface area contributed by atoms with Crippen molar-refractivity contribution in [2.45, 2.75) is 13.8 Å². The summed E-state index contributed by atoms with van der Waals surface area (Å²) in [5.41, 5.74) is 0.664. The molecule has 9 heteroatoms. The van der Waals surface area contributed by atoms with Crippen LogP contribution in [0.2, 0.25) is 0 Å². The zero-order valence-electron chi connectivity index (χ0n) is 13.7. The smallest absolute Gasteiger partial charge is 0.0215 e. The van der Waals surface area contributed by atoms with Crippen LogP contribution in [0.25, 0.3) is 0 Å². The Kier molecular flexibility index (Phi) is 82.2. The van der Waals surface area contributed by atoms with Crippen molar-refractivity contribution in [1.29, 1.82) is 0 Å². The summed E-state index contributed by atoms with van der Waals surface area (Å²) in [6.07, 6.45) is 0. The minimum absolute atomic E-state index is 0. The van der Waals surface area contributed by atoms with Crippen molar-refractivity contribution in [3.05, 3.63) is 56.7 Å². The van der Waals surface area contributed by atoms with E-state index in [2.05, 4.69) is 20.8 Å². The maximum absolute atomic E-state index is 10.5. The van der Waals surface area contributed by atoms with Gasteiger partial charge in [-0.2, -0.15) is 6.92 Å². The summed E-state index contributed by atoms with van der Waals surface area (Å²) in [5, 5.41) is 0. The Bertz CT molecular complexity index is 352. The molecule has 0 saturated carbocycles. The number of carbonyl (C=O) groups excluding carboxylic acids is 3. The van der Waals surface area contributed by atoms with Gasteiger partial charge in [-0.1, -0.05) is 18.2 Å². The van der Waals surface area contributed by atoms with Crippen molar-refractivity contribution in [3.8, 4) is 0 Å². The van der Waals surface area contributed by atoms with Crippen molar-refractivity contribution in [2.24, 2.45) is 0 Å². The second kappa shape index (κ2) is 37.2. The molecule has 0 aliphatic heterocycles. The molecule has 0 atom stereocenters. The van der Waals surface area contributed by atoms with E-state index in [-0.39, 0.29) is 214 Å². The van der Waals surface area contributed by atoms with Gasteiger partial charge in [0.1, 0.15) is 0 Å². The Morgan fingerprint density at radius 2 is 0.870 bits per heavy atom. The molecule has 0 aliphatic rings. The molecule has 23 heavy (non-hydrogen) atoms. The van der Waals surface area contributed by atoms with E-state index in [0.717, 1.165) is 0 Å². The fourth-order valence-electron chi connectivity index (χ4n) is 0.624. The van der Waals surface area contributed by atoms with Gasteiger partial charge in [0.2, 0.25) is 0 Å². The minimum Gasteiger partial charge on any atom is -0.340 e. The Balaban J connectivity index is -0.0000000240. The fourth-order valence-corrected chi connectivity index (χ4v) is 0.624. The molecule has 6 radical (unpaired) electrons. The number of benzene rings is 1. The van der Waals surface area contributed by atoms with Gasteiger partial charge in [0, 0.05) is 202 Å². The van der Waals surface area contributed by atoms with Crippen LogP contribution in [0.4, 0.5) is 0 Å². The molecule has 1 aromatic rings. The van der Waals surface area contributed by atoms with Gasteiger partial charge in [0.05, 0.1) is 0 Å². The van der Waals surface area contributed by atoms with Gasteiger partial charge in [0.25, 0.3) is 0 Å². The number of carbonyl (C=O) groups is 3. The number of Topliss-reactive ketones (excluding diaryl/α,β-unsaturated/α-hetero) is 3. The molecule has 1 rings (SSSR count). The SMILES string of the molecule is [CH2-]C(=O)c1ccccc1.[CH2-]C(C)=O.[CH2-]C(C)=O.[Y].[Y].[Y].[Y].[Y].[Y]. The Hall–Kier alpha value is 4.46. The van der Waals surface area contributed by atoms with Crippen LogP contribution in [0.3, 0.4) is 0 Å². The van der Waals surface area contributed by atoms with Gasteiger partial charge in [-0.05, 0) is 25.4 Å². The monoisotopic (exact) mass is 767 g/mol. The van der Waals surface area contributed by atoms with Crippen molar-refractivity contribution >= 4 is 17.3 Å². The van der Waals surface area contributed by atoms with Crippen molar-refractivity contribution in [3.63, 3.8) is 0 Å². The van der Waals surface area contributed by atoms with Crippen LogP contribution in [0.5, 0.6) is 0 Å². The standard InChI is InChI=1S/C8H7O.2C3H5O.6Y/c1-7(9)8-5-3-2-4-6-8;2*1-3(2)4;;;;;;/h2-6H,1H2;2*1H2,2H3;;;;;;/q3*-1;;;;;;. The van der Waals surface area contributed by atoms with Gasteiger partial charge in [-0.25, -0.2) is 0 Å². The molecule has 0 amide bonds. The number of rotatable bonds is 1. The molecule has 0 bridgehead atoms. The third-order valence-electron chi connectivity index (χ3n) is 1.10. The minimum atomic E-state index is -0.129. The molecule has 3 nitrogen and oxygen atoms in total. The average Bonchev–Trinajstić information content (AvgIpc) is 2.17. The van der Waals surface area contributed by atoms with Crippen LogP contribution in [0, 0.1) is 20.8 Å². The fraction of sp³-hybridized carbons (Fsp3) is 0.143. The summed E-state index contributed by atoms with van der Waals surface area (Å²) in [6.45, 7) is 12.1. The van der Waals surface area contributed by atoms with Gasteiger partial charge in [0.15, 0.2) is 0 Å². The summed E-state index contributed by atoms with van der Waals surface area (Å²) in [4.78, 5) is 29.2. The van der Waals surface area contributed by atoms with E-state index in [1.165, 1.54) is 13.8 Å². The third kappa shape index (κ3) is 58.4. The molecule has 1 aromatic carbocycles. The number of ketones is 3. The molecule has 112 valence electrons. The predicted octanol–water partition coefficient (Wildman–Crippen LogP) is 2.51. The van der Waals surface area contributed by atoms with Crippen molar-refractivity contribution < 1.29 is 211 Å². The topological polar surface area (TPSA) is 51.2 Å². The summed E-state index contributed by atoms with van der Waals surface area (Å²) in [5.74, 6) is -0.296. The third-order valence-corrected chi connectivity index (χ3v) is 1.10. The van der Waals surface area contributed by atoms with Gasteiger partial charge < -0.3 is 28.2 Å². The zero-order chi connectivity index (χ0) is 13.8. The molecular weight excluding hydrogens is 750 g/mol. The van der Waals surface area contributed by atoms with Crippen molar-refractivity contribution in [2.75, 3.05) is 0 Å². The average molecular weight is 767 g/mol. The normalized spacial score (nSPS) is 5.65. The zero-order valence-corrected chi connectivity index (χ0v) is 30.7. The summed E-state index contributed by atoms with van der Waals surface area (Å²) in [6, 6.07) is 8.99. The van der Waals surface area contributed by atoms with Crippen molar-refractivity contribution in [1.82, 2.24) is 0 Å². The second-order valence-electron chi connectivity index (χ2n) is 3.19. The van der Waals surface area contributed by atoms with Crippen LogP contribution in [0.15, 0.2) is 30.3 Å². The van der Waals surface area contributed by atoms with E-state index in [9.17, 15) is 14.4 Å². The van der Waals surface area contributed by atoms with E-state index in [1.807, 2.05) is 18.2 Å². The van der Waals surface area contributed by atoms with Crippen LogP contribution in [0.1, 0.15) is 24.2 Å². The molecule has 0 spiro atoms. The molecule has 0 N–H and O–H groups in total. The predicted molar refractivity (Wildman–Crippen MR) is 68.2 cm³/mol. The van der Waals surface area contributed by atoms with Crippen LogP contribution in [-0.4, -0.2) is 17.3 Å². The number of hydrogen-bond donors (Lipinski definition) is 0. The number of hydrogen-bond acceptors (Lipinski definition) is 3. The first-order chi connectivity index (χ1) is 7.77. The molecule has 0 fully saturated rings. The molecule has 0 saturated heterocycles. The largest absolute Gasteiger partial charge is 0.340 e. The Labute approximate surface area is 291 Å². The first-order valence-corrected chi connectivity index (χ1v) is 4.83. The quantitative estimate of drug-likeness (QED) is 0.327. The van der Waals surface area contributed by atoms with Crippen LogP contribution < -0.4 is 0 Å². The Morgan fingerprint density at radius 1 is 0.652 bits per heavy atom. The first-order valence-electron chi connectivity index (χ1n) is 4.83. The molecule has 0 unspecified atom stereocenters. The summed E-state index contributed by atoms with van der Waals surface area (Å²) < 4.78 is 0. The summed E-state index contributed by atoms with van der Waals surface area (Å²) >= 11 is 0. The van der Waals surface area contributed by atoms with Gasteiger partial charge in [-0.15, -0.1) is 17.7 Å². The van der Waals surface area contributed by atoms with Crippen LogP contribution in [-0.2, 0) is 206 Å². The molecular formula is C14H17O3Y6-3. The van der Waals surface area contributed by atoms with Gasteiger partial charge in [-0.3, -0.25) is 0 Å². The second-order valence-corrected chi connectivity index (χ2v) is 3.19. The molecule has 0 aliphatic carbocycles. The summed E-state index contributed by atoms with van der Waals surface area (Å²) in [7, 11) is 0. The first kappa shape index (κ1) is 50.8. The van der Waals surface area contributed by atoms with E-state index >= 15 is 0 Å². The van der Waals surface area contributed by atoms with Crippen LogP contribution >= 0.6 is 0 Å². The van der Waals surface area contributed by atoms with E-state index < -0.39 is 0 Å². The maximum atomic E-state index is 10.5. The molecule has 0 heterocycles. The Morgan fingerprint density at radius 3 is 1.00 bits per heavy atom. The van der Waals surface area contributed by atoms with E-state index in [4.69, 9.17) is 0 Å². The van der Waals surface area contributed by atoms with E-state index in [0.29, 0.717) is 5.56 Å². The molecule has 0 aromatic heterocycles. The van der Waals surface area contributed by atoms with Gasteiger partial charge >= 0.3 is 0 Å².